The van der Waals surface area contributed by atoms with E-state index in [0.29, 0.717) is 11.0 Å². The highest BCUT2D eigenvalue weighted by molar-refractivity contribution is 5.82. The largest absolute Gasteiger partial charge is 0.333 e. The first-order valence-corrected chi connectivity index (χ1v) is 9.10. The third-order valence-corrected chi connectivity index (χ3v) is 5.05. The molecule has 2 heterocycles. The minimum atomic E-state index is -0.424. The highest BCUT2D eigenvalue weighted by atomic mass is 16.2. The van der Waals surface area contributed by atoms with Gasteiger partial charge in [0.1, 0.15) is 0 Å². The van der Waals surface area contributed by atoms with Gasteiger partial charge in [-0.05, 0) is 42.2 Å². The predicted octanol–water partition coefficient (Wildman–Crippen LogP) is 3.01. The molecule has 28 heavy (non-hydrogen) atoms. The van der Waals surface area contributed by atoms with Gasteiger partial charge >= 0.3 is 5.69 Å². The Labute approximate surface area is 161 Å². The maximum absolute atomic E-state index is 13.0. The molecule has 0 spiro atoms. The van der Waals surface area contributed by atoms with Crippen LogP contribution in [0.1, 0.15) is 11.1 Å². The highest BCUT2D eigenvalue weighted by Crippen LogP contribution is 2.32. The summed E-state index contributed by atoms with van der Waals surface area (Å²) in [5.41, 5.74) is 9.06. The van der Waals surface area contributed by atoms with Crippen LogP contribution in [0.4, 0.5) is 0 Å². The first-order valence-electron chi connectivity index (χ1n) is 9.10. The van der Waals surface area contributed by atoms with Crippen molar-refractivity contribution in [3.8, 4) is 11.3 Å². The molecular weight excluding hydrogens is 350 g/mol. The van der Waals surface area contributed by atoms with Gasteiger partial charge < -0.3 is 0 Å². The monoisotopic (exact) mass is 369 g/mol. The summed E-state index contributed by atoms with van der Waals surface area (Å²) >= 11 is 0. The molecule has 0 aliphatic heterocycles. The molecule has 4 rings (SSSR count). The SMILES string of the molecule is C=C=CCn1c(=O)c2cc3c(nc2n(CC=C=C)c1=O)-c1ccccc1CC3. The molecule has 5 heteroatoms. The van der Waals surface area contributed by atoms with E-state index in [2.05, 4.69) is 30.7 Å². The summed E-state index contributed by atoms with van der Waals surface area (Å²) < 4.78 is 2.67. The molecule has 1 aliphatic rings. The molecule has 2 aromatic heterocycles. The van der Waals surface area contributed by atoms with Crippen LogP contribution in [0.15, 0.2) is 76.7 Å². The lowest BCUT2D eigenvalue weighted by molar-refractivity contribution is 0.644. The van der Waals surface area contributed by atoms with E-state index in [4.69, 9.17) is 4.98 Å². The van der Waals surface area contributed by atoms with E-state index in [0.717, 1.165) is 29.7 Å². The van der Waals surface area contributed by atoms with Crippen LogP contribution in [0.25, 0.3) is 22.3 Å². The van der Waals surface area contributed by atoms with E-state index in [1.807, 2.05) is 24.3 Å². The minimum Gasteiger partial charge on any atom is -0.273 e. The Balaban J connectivity index is 2.09. The van der Waals surface area contributed by atoms with Crippen LogP contribution in [-0.2, 0) is 25.9 Å². The Morgan fingerprint density at radius 1 is 1.00 bits per heavy atom. The van der Waals surface area contributed by atoms with Crippen LogP contribution >= 0.6 is 0 Å². The minimum absolute atomic E-state index is 0.120. The van der Waals surface area contributed by atoms with Gasteiger partial charge in [-0.3, -0.25) is 13.9 Å². The Morgan fingerprint density at radius 3 is 2.43 bits per heavy atom. The van der Waals surface area contributed by atoms with Gasteiger partial charge in [-0.2, -0.15) is 0 Å². The molecule has 3 aromatic rings. The molecule has 0 amide bonds. The summed E-state index contributed by atoms with van der Waals surface area (Å²) in [6.07, 6.45) is 4.92. The van der Waals surface area contributed by atoms with E-state index in [1.54, 1.807) is 12.2 Å². The normalized spacial score (nSPS) is 11.9. The first kappa shape index (κ1) is 17.7. The van der Waals surface area contributed by atoms with Gasteiger partial charge in [-0.1, -0.05) is 37.4 Å². The van der Waals surface area contributed by atoms with E-state index in [1.165, 1.54) is 14.7 Å². The first-order chi connectivity index (χ1) is 13.7. The lowest BCUT2D eigenvalue weighted by Gasteiger charge is -2.20. The molecule has 1 aliphatic carbocycles. The number of rotatable bonds is 4. The van der Waals surface area contributed by atoms with Gasteiger partial charge in [0.15, 0.2) is 5.65 Å². The number of benzene rings is 1. The van der Waals surface area contributed by atoms with Crippen LogP contribution < -0.4 is 11.2 Å². The van der Waals surface area contributed by atoms with Crippen molar-refractivity contribution in [3.63, 3.8) is 0 Å². The second-order valence-electron chi connectivity index (χ2n) is 6.65. The van der Waals surface area contributed by atoms with Gasteiger partial charge in [-0.25, -0.2) is 9.78 Å². The number of fused-ring (bicyclic) bond motifs is 4. The van der Waals surface area contributed by atoms with Gasteiger partial charge in [0.2, 0.25) is 0 Å². The number of aromatic nitrogens is 3. The molecule has 5 nitrogen and oxygen atoms in total. The average molecular weight is 369 g/mol. The zero-order chi connectivity index (χ0) is 19.7. The quantitative estimate of drug-likeness (QED) is 0.665. The molecule has 0 fully saturated rings. The predicted molar refractivity (Wildman–Crippen MR) is 111 cm³/mol. The molecule has 138 valence electrons. The summed E-state index contributed by atoms with van der Waals surface area (Å²) in [4.78, 5) is 30.8. The van der Waals surface area contributed by atoms with Crippen molar-refractivity contribution in [1.82, 2.24) is 14.1 Å². The highest BCUT2D eigenvalue weighted by Gasteiger charge is 2.21. The molecule has 0 bridgehead atoms. The summed E-state index contributed by atoms with van der Waals surface area (Å²) in [6.45, 7) is 7.43. The molecule has 0 radical (unpaired) electrons. The van der Waals surface area contributed by atoms with Crippen molar-refractivity contribution in [3.05, 3.63) is 99.1 Å². The van der Waals surface area contributed by atoms with Crippen LogP contribution in [0, 0.1) is 0 Å². The molecule has 0 atom stereocenters. The summed E-state index contributed by atoms with van der Waals surface area (Å²) in [5, 5.41) is 0.438. The summed E-state index contributed by atoms with van der Waals surface area (Å²) in [5.74, 6) is 0. The average Bonchev–Trinajstić information content (AvgIpc) is 2.72. The Kier molecular flexibility index (Phi) is 4.54. The van der Waals surface area contributed by atoms with Crippen LogP contribution in [-0.4, -0.2) is 14.1 Å². The Bertz CT molecular complexity index is 1310. The lowest BCUT2D eigenvalue weighted by Crippen LogP contribution is -2.40. The fourth-order valence-electron chi connectivity index (χ4n) is 3.68. The van der Waals surface area contributed by atoms with Gasteiger partial charge in [0.25, 0.3) is 5.56 Å². The second-order valence-corrected chi connectivity index (χ2v) is 6.65. The van der Waals surface area contributed by atoms with Crippen LogP contribution in [0.5, 0.6) is 0 Å². The topological polar surface area (TPSA) is 56.9 Å². The Hall–Kier alpha value is -3.65. The van der Waals surface area contributed by atoms with Gasteiger partial charge in [0, 0.05) is 5.56 Å². The van der Waals surface area contributed by atoms with Crippen molar-refractivity contribution in [2.75, 3.05) is 0 Å². The fraction of sp³-hybridized carbons (Fsp3) is 0.174. The molecule has 0 saturated heterocycles. The zero-order valence-electron chi connectivity index (χ0n) is 15.4. The van der Waals surface area contributed by atoms with Crippen molar-refractivity contribution < 1.29 is 0 Å². The number of hydrogen-bond donors (Lipinski definition) is 0. The van der Waals surface area contributed by atoms with E-state index >= 15 is 0 Å². The molecule has 0 unspecified atom stereocenters. The smallest absolute Gasteiger partial charge is 0.273 e. The van der Waals surface area contributed by atoms with Crippen LogP contribution in [0.2, 0.25) is 0 Å². The number of pyridine rings is 1. The zero-order valence-corrected chi connectivity index (χ0v) is 15.4. The van der Waals surface area contributed by atoms with Gasteiger partial charge in [0.05, 0.1) is 24.2 Å². The number of hydrogen-bond acceptors (Lipinski definition) is 3. The lowest BCUT2D eigenvalue weighted by atomic mass is 9.89. The maximum atomic E-state index is 13.0. The van der Waals surface area contributed by atoms with Crippen molar-refractivity contribution in [1.29, 1.82) is 0 Å². The second kappa shape index (κ2) is 7.16. The van der Waals surface area contributed by atoms with Crippen molar-refractivity contribution in [2.45, 2.75) is 25.9 Å². The molecule has 0 saturated carbocycles. The van der Waals surface area contributed by atoms with Gasteiger partial charge in [-0.15, -0.1) is 11.5 Å². The number of nitrogens with zero attached hydrogens (tertiary/aromatic N) is 3. The molecule has 0 N–H and O–H groups in total. The fourth-order valence-corrected chi connectivity index (χ4v) is 3.68. The maximum Gasteiger partial charge on any atom is 0.333 e. The van der Waals surface area contributed by atoms with E-state index < -0.39 is 5.69 Å². The number of aryl methyl sites for hydroxylation is 2. The van der Waals surface area contributed by atoms with E-state index in [9.17, 15) is 9.59 Å². The Morgan fingerprint density at radius 2 is 1.68 bits per heavy atom. The summed E-state index contributed by atoms with van der Waals surface area (Å²) in [7, 11) is 0. The van der Waals surface area contributed by atoms with Crippen LogP contribution in [0.3, 0.4) is 0 Å². The molecule has 1 aromatic carbocycles. The third-order valence-electron chi connectivity index (χ3n) is 5.05. The molecular formula is C23H19N3O2. The standard InChI is InChI=1S/C23H19N3O2/c1-3-5-13-25-21-19(22(27)26(23(25)28)14-6-4-2)15-17-12-11-16-9-7-8-10-18(16)20(17)24-21/h5-10,15H,1-2,11-14H2. The van der Waals surface area contributed by atoms with Crippen molar-refractivity contribution >= 4 is 11.0 Å². The number of allylic oxidation sites excluding steroid dienone is 2. The van der Waals surface area contributed by atoms with E-state index in [-0.39, 0.29) is 18.6 Å². The van der Waals surface area contributed by atoms with Crippen molar-refractivity contribution in [2.24, 2.45) is 0 Å². The third kappa shape index (κ3) is 2.80. The summed E-state index contributed by atoms with van der Waals surface area (Å²) in [6, 6.07) is 10.0.